The predicted octanol–water partition coefficient (Wildman–Crippen LogP) is 0.747. The lowest BCUT2D eigenvalue weighted by molar-refractivity contribution is -0.130. The van der Waals surface area contributed by atoms with E-state index in [4.69, 9.17) is 9.47 Å². The molecule has 2 aliphatic heterocycles. The van der Waals surface area contributed by atoms with Crippen LogP contribution in [-0.4, -0.2) is 57.5 Å². The fourth-order valence-electron chi connectivity index (χ4n) is 3.37. The summed E-state index contributed by atoms with van der Waals surface area (Å²) in [7, 11) is 0. The number of nitrogens with zero attached hydrogens (tertiary/aromatic N) is 4. The summed E-state index contributed by atoms with van der Waals surface area (Å²) in [6, 6.07) is 5.69. The Hall–Kier alpha value is -2.61. The smallest absolute Gasteiger partial charge is 0.237 e. The highest BCUT2D eigenvalue weighted by atomic mass is 16.7. The van der Waals surface area contributed by atoms with Gasteiger partial charge in [-0.1, -0.05) is 0 Å². The second-order valence-corrected chi connectivity index (χ2v) is 6.47. The van der Waals surface area contributed by atoms with Crippen molar-refractivity contribution in [3.8, 4) is 17.2 Å². The topological polar surface area (TPSA) is 81.5 Å². The summed E-state index contributed by atoms with van der Waals surface area (Å²) >= 11 is 0. The molecule has 8 heteroatoms. The van der Waals surface area contributed by atoms with Crippen molar-refractivity contribution in [3.05, 3.63) is 30.4 Å². The molecule has 1 aromatic carbocycles. The van der Waals surface area contributed by atoms with Crippen molar-refractivity contribution < 1.29 is 14.3 Å². The third-order valence-corrected chi connectivity index (χ3v) is 4.63. The van der Waals surface area contributed by atoms with E-state index >= 15 is 0 Å². The lowest BCUT2D eigenvalue weighted by Crippen LogP contribution is -2.58. The molecule has 0 radical (unpaired) electrons. The average Bonchev–Trinajstić information content (AvgIpc) is 3.24. The number of rotatable bonds is 4. The number of fused-ring (bicyclic) bond motifs is 1. The normalized spacial score (nSPS) is 20.1. The molecule has 25 heavy (non-hydrogen) atoms. The van der Waals surface area contributed by atoms with Gasteiger partial charge in [0.1, 0.15) is 12.2 Å². The molecular weight excluding hydrogens is 322 g/mol. The fourth-order valence-corrected chi connectivity index (χ4v) is 3.37. The summed E-state index contributed by atoms with van der Waals surface area (Å²) in [5, 5.41) is 7.28. The first-order chi connectivity index (χ1) is 12.1. The van der Waals surface area contributed by atoms with Crippen LogP contribution in [-0.2, 0) is 11.2 Å². The number of nitrogens with one attached hydrogen (secondary N) is 1. The van der Waals surface area contributed by atoms with Gasteiger partial charge in [0, 0.05) is 31.6 Å². The van der Waals surface area contributed by atoms with E-state index in [1.807, 2.05) is 18.2 Å². The summed E-state index contributed by atoms with van der Waals surface area (Å²) in [6.07, 6.45) is 2.01. The number of piperazine rings is 1. The van der Waals surface area contributed by atoms with Gasteiger partial charge in [0.15, 0.2) is 11.5 Å². The first kappa shape index (κ1) is 15.9. The molecule has 0 saturated carbocycles. The lowest BCUT2D eigenvalue weighted by atomic mass is 10.1. The molecule has 0 bridgehead atoms. The number of carbonyl (C=O) groups excluding carboxylic acids is 1. The van der Waals surface area contributed by atoms with E-state index in [1.54, 1.807) is 4.68 Å². The van der Waals surface area contributed by atoms with E-state index in [0.29, 0.717) is 18.7 Å². The van der Waals surface area contributed by atoms with Crippen LogP contribution in [0, 0.1) is 0 Å². The Morgan fingerprint density at radius 3 is 3.00 bits per heavy atom. The molecule has 1 aromatic heterocycles. The van der Waals surface area contributed by atoms with Crippen molar-refractivity contribution in [1.82, 2.24) is 25.0 Å². The maximum absolute atomic E-state index is 12.4. The van der Waals surface area contributed by atoms with E-state index < -0.39 is 0 Å². The summed E-state index contributed by atoms with van der Waals surface area (Å²) in [4.78, 5) is 19.0. The molecule has 1 atom stereocenters. The molecule has 4 rings (SSSR count). The van der Waals surface area contributed by atoms with Gasteiger partial charge in [-0.3, -0.25) is 9.69 Å². The number of hydrogen-bond acceptors (Lipinski definition) is 6. The zero-order valence-electron chi connectivity index (χ0n) is 14.3. The summed E-state index contributed by atoms with van der Waals surface area (Å²) in [5.74, 6) is 2.20. The van der Waals surface area contributed by atoms with E-state index in [9.17, 15) is 4.79 Å². The van der Waals surface area contributed by atoms with Gasteiger partial charge in [-0.15, -0.1) is 0 Å². The van der Waals surface area contributed by atoms with Crippen molar-refractivity contribution in [3.63, 3.8) is 0 Å². The first-order valence-electron chi connectivity index (χ1n) is 8.46. The third-order valence-electron chi connectivity index (χ3n) is 4.63. The Balaban J connectivity index is 1.62. The van der Waals surface area contributed by atoms with E-state index in [2.05, 4.69) is 34.1 Å². The van der Waals surface area contributed by atoms with Gasteiger partial charge >= 0.3 is 0 Å². The van der Waals surface area contributed by atoms with Gasteiger partial charge in [-0.25, -0.2) is 9.67 Å². The number of carbonyl (C=O) groups is 1. The van der Waals surface area contributed by atoms with Crippen LogP contribution < -0.4 is 14.8 Å². The Morgan fingerprint density at radius 1 is 1.32 bits per heavy atom. The van der Waals surface area contributed by atoms with Crippen molar-refractivity contribution in [2.75, 3.05) is 19.9 Å². The second-order valence-electron chi connectivity index (χ2n) is 6.47. The zero-order valence-corrected chi connectivity index (χ0v) is 14.3. The van der Waals surface area contributed by atoms with Gasteiger partial charge in [0.25, 0.3) is 0 Å². The SMILES string of the molecule is CC(C)N1CCNC(=O)[C@H]1Cc1ncnn1-c1ccc2c(c1)OCO2. The minimum absolute atomic E-state index is 0.0418. The highest BCUT2D eigenvalue weighted by Crippen LogP contribution is 2.33. The van der Waals surface area contributed by atoms with Crippen molar-refractivity contribution in [2.24, 2.45) is 0 Å². The maximum Gasteiger partial charge on any atom is 0.237 e. The molecule has 1 saturated heterocycles. The molecule has 0 unspecified atom stereocenters. The first-order valence-corrected chi connectivity index (χ1v) is 8.46. The largest absolute Gasteiger partial charge is 0.454 e. The van der Waals surface area contributed by atoms with Crippen molar-refractivity contribution >= 4 is 5.91 Å². The highest BCUT2D eigenvalue weighted by Gasteiger charge is 2.32. The molecule has 2 aromatic rings. The van der Waals surface area contributed by atoms with Gasteiger partial charge in [-0.2, -0.15) is 5.10 Å². The monoisotopic (exact) mass is 343 g/mol. The van der Waals surface area contributed by atoms with Crippen LogP contribution in [0.5, 0.6) is 11.5 Å². The second kappa shape index (κ2) is 6.36. The quantitative estimate of drug-likeness (QED) is 0.882. The summed E-state index contributed by atoms with van der Waals surface area (Å²) < 4.78 is 12.5. The zero-order chi connectivity index (χ0) is 17.4. The minimum Gasteiger partial charge on any atom is -0.454 e. The number of benzene rings is 1. The molecule has 1 amide bonds. The fraction of sp³-hybridized carbons (Fsp3) is 0.471. The Bertz CT molecular complexity index is 788. The number of amides is 1. The van der Waals surface area contributed by atoms with Crippen LogP contribution in [0.2, 0.25) is 0 Å². The van der Waals surface area contributed by atoms with E-state index in [0.717, 1.165) is 23.8 Å². The molecule has 1 fully saturated rings. The lowest BCUT2D eigenvalue weighted by Gasteiger charge is -2.37. The molecule has 2 aliphatic rings. The number of ether oxygens (including phenoxy) is 2. The summed E-state index contributed by atoms with van der Waals surface area (Å²) in [5.41, 5.74) is 0.837. The van der Waals surface area contributed by atoms with Crippen molar-refractivity contribution in [2.45, 2.75) is 32.4 Å². The number of aromatic nitrogens is 3. The van der Waals surface area contributed by atoms with Gasteiger partial charge in [-0.05, 0) is 26.0 Å². The third kappa shape index (κ3) is 2.93. The molecule has 0 spiro atoms. The van der Waals surface area contributed by atoms with E-state index in [-0.39, 0.29) is 24.8 Å². The molecule has 3 heterocycles. The Kier molecular flexibility index (Phi) is 4.04. The maximum atomic E-state index is 12.4. The highest BCUT2D eigenvalue weighted by molar-refractivity contribution is 5.82. The molecule has 132 valence electrons. The summed E-state index contributed by atoms with van der Waals surface area (Å²) in [6.45, 7) is 5.96. The van der Waals surface area contributed by atoms with Crippen LogP contribution in [0.1, 0.15) is 19.7 Å². The van der Waals surface area contributed by atoms with Gasteiger partial charge in [0.2, 0.25) is 12.7 Å². The molecule has 8 nitrogen and oxygen atoms in total. The molecular formula is C17H21N5O3. The minimum atomic E-state index is -0.245. The van der Waals surface area contributed by atoms with Crippen LogP contribution in [0.3, 0.4) is 0 Å². The van der Waals surface area contributed by atoms with Gasteiger partial charge < -0.3 is 14.8 Å². The molecule has 1 N–H and O–H groups in total. The predicted molar refractivity (Wildman–Crippen MR) is 89.8 cm³/mol. The van der Waals surface area contributed by atoms with Crippen LogP contribution in [0.4, 0.5) is 0 Å². The van der Waals surface area contributed by atoms with Gasteiger partial charge in [0.05, 0.1) is 11.7 Å². The molecule has 0 aliphatic carbocycles. The Labute approximate surface area is 145 Å². The van der Waals surface area contributed by atoms with Crippen LogP contribution in [0.15, 0.2) is 24.5 Å². The van der Waals surface area contributed by atoms with Crippen LogP contribution in [0.25, 0.3) is 5.69 Å². The number of hydrogen-bond donors (Lipinski definition) is 1. The van der Waals surface area contributed by atoms with Crippen molar-refractivity contribution in [1.29, 1.82) is 0 Å². The van der Waals surface area contributed by atoms with E-state index in [1.165, 1.54) is 6.33 Å². The average molecular weight is 343 g/mol. The van der Waals surface area contributed by atoms with Crippen LogP contribution >= 0.6 is 0 Å². The Morgan fingerprint density at radius 2 is 2.16 bits per heavy atom. The standard InChI is InChI=1S/C17H21N5O3/c1-11(2)21-6-5-18-17(23)13(21)8-16-19-9-20-22(16)12-3-4-14-15(7-12)25-10-24-14/h3-4,7,9,11,13H,5-6,8,10H2,1-2H3,(H,18,23)/t13-/m1/s1.